The van der Waals surface area contributed by atoms with Crippen molar-refractivity contribution in [2.24, 2.45) is 0 Å². The van der Waals surface area contributed by atoms with E-state index < -0.39 is 18.3 Å². The van der Waals surface area contributed by atoms with Crippen LogP contribution in [0.1, 0.15) is 6.42 Å². The quantitative estimate of drug-likeness (QED) is 0.679. The molecule has 0 aromatic carbocycles. The Labute approximate surface area is 101 Å². The summed E-state index contributed by atoms with van der Waals surface area (Å²) in [6.45, 7) is 0.373. The molecule has 1 aliphatic heterocycles. The summed E-state index contributed by atoms with van der Waals surface area (Å²) in [5, 5.41) is 9.64. The van der Waals surface area contributed by atoms with Crippen molar-refractivity contribution in [3.05, 3.63) is 0 Å². The molecule has 1 aliphatic rings. The van der Waals surface area contributed by atoms with Crippen molar-refractivity contribution in [3.8, 4) is 0 Å². The number of nitrogens with zero attached hydrogens (tertiary/aromatic N) is 1. The Morgan fingerprint density at radius 1 is 1.39 bits per heavy atom. The number of carboxylic acid groups (broad SMARTS) is 1. The molecule has 18 heavy (non-hydrogen) atoms. The first-order valence-corrected chi connectivity index (χ1v) is 4.95. The maximum atomic E-state index is 12.7. The van der Waals surface area contributed by atoms with Gasteiger partial charge in [-0.05, 0) is 7.05 Å². The second-order valence-corrected chi connectivity index (χ2v) is 3.71. The Bertz CT molecular complexity index is 309. The number of hydrogen-bond donors (Lipinski definition) is 2. The van der Waals surface area contributed by atoms with Crippen LogP contribution in [0.4, 0.5) is 17.6 Å². The summed E-state index contributed by atoms with van der Waals surface area (Å²) in [5.41, 5.74) is 0. The summed E-state index contributed by atoms with van der Waals surface area (Å²) in [5.74, 6) is -2.85. The molecule has 0 aliphatic carbocycles. The van der Waals surface area contributed by atoms with Crippen LogP contribution in [0.25, 0.3) is 0 Å². The van der Waals surface area contributed by atoms with E-state index in [0.29, 0.717) is 13.0 Å². The topological polar surface area (TPSA) is 69.6 Å². The summed E-state index contributed by atoms with van der Waals surface area (Å²) in [6.07, 6.45) is -5.60. The van der Waals surface area contributed by atoms with Gasteiger partial charge in [-0.1, -0.05) is 0 Å². The van der Waals surface area contributed by atoms with Gasteiger partial charge in [-0.3, -0.25) is 9.69 Å². The molecule has 1 fully saturated rings. The van der Waals surface area contributed by atoms with Crippen molar-refractivity contribution in [1.29, 1.82) is 0 Å². The average molecular weight is 274 g/mol. The molecule has 1 amide bonds. The van der Waals surface area contributed by atoms with E-state index in [1.807, 2.05) is 0 Å². The zero-order valence-corrected chi connectivity index (χ0v) is 9.79. The number of likely N-dealkylation sites (tertiary alicyclic amines) is 1. The fraction of sp³-hybridized carbons (Fsp3) is 0.778. The normalized spacial score (nSPS) is 24.1. The Hall–Kier alpha value is -1.38. The minimum absolute atomic E-state index is 0.0901. The molecule has 1 saturated heterocycles. The molecule has 0 radical (unpaired) electrons. The molecule has 0 unspecified atom stereocenters. The van der Waals surface area contributed by atoms with E-state index in [2.05, 4.69) is 5.32 Å². The second kappa shape index (κ2) is 6.53. The van der Waals surface area contributed by atoms with Crippen molar-refractivity contribution in [2.75, 3.05) is 20.6 Å². The third-order valence-corrected chi connectivity index (χ3v) is 2.29. The summed E-state index contributed by atoms with van der Waals surface area (Å²) < 4.78 is 44.4. The summed E-state index contributed by atoms with van der Waals surface area (Å²) in [4.78, 5) is 21.7. The zero-order chi connectivity index (χ0) is 14.5. The second-order valence-electron chi connectivity index (χ2n) is 3.71. The molecule has 0 aromatic heterocycles. The first kappa shape index (κ1) is 16.6. The van der Waals surface area contributed by atoms with Gasteiger partial charge in [-0.25, -0.2) is 9.18 Å². The van der Waals surface area contributed by atoms with Crippen LogP contribution < -0.4 is 5.32 Å². The highest BCUT2D eigenvalue weighted by atomic mass is 19.4. The average Bonchev–Trinajstić information content (AvgIpc) is 2.56. The fourth-order valence-electron chi connectivity index (χ4n) is 1.41. The van der Waals surface area contributed by atoms with Gasteiger partial charge in [0.1, 0.15) is 6.17 Å². The maximum absolute atomic E-state index is 12.7. The van der Waals surface area contributed by atoms with Gasteiger partial charge < -0.3 is 10.4 Å². The van der Waals surface area contributed by atoms with Crippen molar-refractivity contribution in [2.45, 2.75) is 24.8 Å². The molecule has 0 spiro atoms. The molecule has 106 valence electrons. The maximum Gasteiger partial charge on any atom is 0.490 e. The van der Waals surface area contributed by atoms with Crippen LogP contribution in [0.2, 0.25) is 0 Å². The highest BCUT2D eigenvalue weighted by Gasteiger charge is 2.38. The minimum Gasteiger partial charge on any atom is -0.475 e. The van der Waals surface area contributed by atoms with E-state index in [0.717, 1.165) is 0 Å². The van der Waals surface area contributed by atoms with Gasteiger partial charge in [0.05, 0.1) is 6.04 Å². The first-order chi connectivity index (χ1) is 8.09. The smallest absolute Gasteiger partial charge is 0.475 e. The number of aliphatic carboxylic acids is 1. The van der Waals surface area contributed by atoms with Crippen LogP contribution in [0.3, 0.4) is 0 Å². The van der Waals surface area contributed by atoms with E-state index >= 15 is 0 Å². The van der Waals surface area contributed by atoms with Crippen molar-refractivity contribution >= 4 is 11.9 Å². The lowest BCUT2D eigenvalue weighted by molar-refractivity contribution is -0.192. The summed E-state index contributed by atoms with van der Waals surface area (Å²) >= 11 is 0. The molecule has 0 aromatic rings. The van der Waals surface area contributed by atoms with Crippen LogP contribution in [-0.2, 0) is 9.59 Å². The Morgan fingerprint density at radius 3 is 2.06 bits per heavy atom. The van der Waals surface area contributed by atoms with Crippen LogP contribution >= 0.6 is 0 Å². The summed E-state index contributed by atoms with van der Waals surface area (Å²) in [7, 11) is 3.33. The van der Waals surface area contributed by atoms with E-state index in [1.165, 1.54) is 0 Å². The lowest BCUT2D eigenvalue weighted by Crippen LogP contribution is -2.39. The van der Waals surface area contributed by atoms with Gasteiger partial charge >= 0.3 is 12.1 Å². The molecule has 1 rings (SSSR count). The van der Waals surface area contributed by atoms with Gasteiger partial charge in [-0.2, -0.15) is 13.2 Å². The molecule has 0 saturated carbocycles. The van der Waals surface area contributed by atoms with E-state index in [1.54, 1.807) is 19.0 Å². The standard InChI is InChI=1S/C7H13FN2O.C2HF3O2/c1-9-7(11)6-3-5(8)4-10(6)2;3-2(4,5)1(6)7/h5-6H,3-4H2,1-2H3,(H,9,11);(H,6,7)/t5-,6-;/m0./s1. The van der Waals surface area contributed by atoms with Gasteiger partial charge in [0.15, 0.2) is 0 Å². The van der Waals surface area contributed by atoms with E-state index in [-0.39, 0.29) is 11.9 Å². The SMILES string of the molecule is CNC(=O)[C@@H]1C[C@H](F)CN1C.O=C(O)C(F)(F)F. The van der Waals surface area contributed by atoms with Crippen LogP contribution in [-0.4, -0.2) is 60.9 Å². The number of halogens is 4. The van der Waals surface area contributed by atoms with Gasteiger partial charge in [0.25, 0.3) is 0 Å². The number of nitrogens with one attached hydrogen (secondary N) is 1. The van der Waals surface area contributed by atoms with Gasteiger partial charge in [0.2, 0.25) is 5.91 Å². The third kappa shape index (κ3) is 5.30. The van der Waals surface area contributed by atoms with Gasteiger partial charge in [0, 0.05) is 20.0 Å². The largest absolute Gasteiger partial charge is 0.490 e. The summed E-state index contributed by atoms with van der Waals surface area (Å²) in [6, 6.07) is -0.269. The van der Waals surface area contributed by atoms with Crippen molar-refractivity contribution < 1.29 is 32.3 Å². The Balaban J connectivity index is 0.000000360. The lowest BCUT2D eigenvalue weighted by Gasteiger charge is -2.16. The third-order valence-electron chi connectivity index (χ3n) is 2.29. The Kier molecular flexibility index (Phi) is 6.02. The minimum atomic E-state index is -5.08. The van der Waals surface area contributed by atoms with Gasteiger partial charge in [-0.15, -0.1) is 0 Å². The zero-order valence-electron chi connectivity index (χ0n) is 9.79. The number of hydrogen-bond acceptors (Lipinski definition) is 3. The number of amides is 1. The predicted octanol–water partition coefficient (Wildman–Crippen LogP) is 0.408. The van der Waals surface area contributed by atoms with E-state index in [9.17, 15) is 22.4 Å². The monoisotopic (exact) mass is 274 g/mol. The number of likely N-dealkylation sites (N-methyl/N-ethyl adjacent to an activating group) is 2. The molecular formula is C9H14F4N2O3. The number of rotatable bonds is 1. The van der Waals surface area contributed by atoms with Crippen LogP contribution in [0, 0.1) is 0 Å². The first-order valence-electron chi connectivity index (χ1n) is 4.95. The molecular weight excluding hydrogens is 260 g/mol. The van der Waals surface area contributed by atoms with Crippen molar-refractivity contribution in [1.82, 2.24) is 10.2 Å². The van der Waals surface area contributed by atoms with E-state index in [4.69, 9.17) is 9.90 Å². The molecule has 2 N–H and O–H groups in total. The number of carboxylic acids is 1. The number of carbonyl (C=O) groups is 2. The molecule has 5 nitrogen and oxygen atoms in total. The number of alkyl halides is 4. The van der Waals surface area contributed by atoms with Crippen LogP contribution in [0.15, 0.2) is 0 Å². The predicted molar refractivity (Wildman–Crippen MR) is 53.7 cm³/mol. The molecule has 0 bridgehead atoms. The Morgan fingerprint density at radius 2 is 1.83 bits per heavy atom. The number of carbonyl (C=O) groups excluding carboxylic acids is 1. The highest BCUT2D eigenvalue weighted by molar-refractivity contribution is 5.81. The van der Waals surface area contributed by atoms with Crippen molar-refractivity contribution in [3.63, 3.8) is 0 Å². The van der Waals surface area contributed by atoms with Crippen LogP contribution in [0.5, 0.6) is 0 Å². The molecule has 1 heterocycles. The molecule has 2 atom stereocenters. The lowest BCUT2D eigenvalue weighted by atomic mass is 10.2. The highest BCUT2D eigenvalue weighted by Crippen LogP contribution is 2.17. The molecule has 9 heteroatoms. The fourth-order valence-corrected chi connectivity index (χ4v) is 1.41.